The highest BCUT2D eigenvalue weighted by atomic mass is 16.5. The summed E-state index contributed by atoms with van der Waals surface area (Å²) in [6.45, 7) is 6.66. The van der Waals surface area contributed by atoms with E-state index in [0.29, 0.717) is 12.5 Å². The first kappa shape index (κ1) is 27.0. The first-order valence-electron chi connectivity index (χ1n) is 13.9. The van der Waals surface area contributed by atoms with Crippen LogP contribution in [0.2, 0.25) is 0 Å². The van der Waals surface area contributed by atoms with Crippen molar-refractivity contribution in [3.05, 3.63) is 108 Å². The number of benzene rings is 3. The minimum Gasteiger partial charge on any atom is -0.491 e. The molecule has 37 heavy (non-hydrogen) atoms. The predicted molar refractivity (Wildman–Crippen MR) is 152 cm³/mol. The van der Waals surface area contributed by atoms with E-state index >= 15 is 0 Å². The fourth-order valence-corrected chi connectivity index (χ4v) is 5.58. The lowest BCUT2D eigenvalue weighted by Crippen LogP contribution is -2.17. The zero-order valence-corrected chi connectivity index (χ0v) is 22.2. The van der Waals surface area contributed by atoms with Crippen molar-refractivity contribution in [1.29, 1.82) is 0 Å². The van der Waals surface area contributed by atoms with Gasteiger partial charge >= 0.3 is 0 Å². The summed E-state index contributed by atoms with van der Waals surface area (Å²) in [7, 11) is 0. The highest BCUT2D eigenvalue weighted by Crippen LogP contribution is 2.43. The van der Waals surface area contributed by atoms with Crippen LogP contribution >= 0.6 is 0 Å². The molecule has 0 aliphatic heterocycles. The summed E-state index contributed by atoms with van der Waals surface area (Å²) >= 11 is 0. The molecule has 3 heteroatoms. The zero-order valence-electron chi connectivity index (χ0n) is 22.2. The van der Waals surface area contributed by atoms with Gasteiger partial charge in [-0.25, -0.2) is 0 Å². The monoisotopic (exact) mass is 498 g/mol. The van der Waals surface area contributed by atoms with Gasteiger partial charge in [0.05, 0.1) is 12.2 Å². The maximum absolute atomic E-state index is 10.7. The van der Waals surface area contributed by atoms with E-state index < -0.39 is 0 Å². The highest BCUT2D eigenvalue weighted by Gasteiger charge is 2.30. The summed E-state index contributed by atoms with van der Waals surface area (Å²) in [5.41, 5.74) is 3.68. The van der Waals surface area contributed by atoms with Gasteiger partial charge < -0.3 is 14.6 Å². The Bertz CT molecular complexity index is 1080. The molecule has 1 aliphatic rings. The zero-order chi connectivity index (χ0) is 25.9. The van der Waals surface area contributed by atoms with Crippen LogP contribution in [0.5, 0.6) is 11.5 Å². The molecule has 1 N–H and O–H groups in total. The Morgan fingerprint density at radius 1 is 0.973 bits per heavy atom. The average Bonchev–Trinajstić information content (AvgIpc) is 3.10. The number of aryl methyl sites for hydroxylation is 1. The average molecular weight is 499 g/mol. The van der Waals surface area contributed by atoms with Crippen LogP contribution in [-0.4, -0.2) is 17.3 Å². The number of ether oxygens (including phenoxy) is 2. The van der Waals surface area contributed by atoms with Gasteiger partial charge in [-0.1, -0.05) is 79.2 Å². The Labute approximate surface area is 223 Å². The highest BCUT2D eigenvalue weighted by molar-refractivity contribution is 5.43. The molecule has 0 saturated heterocycles. The largest absolute Gasteiger partial charge is 0.491 e. The first-order chi connectivity index (χ1) is 18.1. The minimum atomic E-state index is -0.276. The van der Waals surface area contributed by atoms with Crippen LogP contribution in [0.1, 0.15) is 74.5 Å². The van der Waals surface area contributed by atoms with E-state index in [2.05, 4.69) is 74.2 Å². The fourth-order valence-electron chi connectivity index (χ4n) is 5.58. The van der Waals surface area contributed by atoms with E-state index in [1.165, 1.54) is 11.1 Å². The van der Waals surface area contributed by atoms with Crippen LogP contribution in [0, 0.1) is 5.92 Å². The van der Waals surface area contributed by atoms with Gasteiger partial charge in [-0.15, -0.1) is 6.58 Å². The summed E-state index contributed by atoms with van der Waals surface area (Å²) < 4.78 is 12.8. The standard InChI is InChI=1S/C34H42O3/c1-3-12-29-19-11-20-30(35)23-33(29)32-22-21-31(24-34(32)36-25-28-16-8-5-9-17-28)37-26(2)13-10-18-27-14-6-4-7-15-27/h3-9,14-17,21-22,24,26,29-30,33,35H,1,10-13,18-20,23,25H2,2H3/t26?,29-,30+,33+/m0/s1. The summed E-state index contributed by atoms with van der Waals surface area (Å²) in [6, 6.07) is 27.2. The lowest BCUT2D eigenvalue weighted by atomic mass is 9.80. The van der Waals surface area contributed by atoms with Crippen molar-refractivity contribution < 1.29 is 14.6 Å². The molecule has 0 radical (unpaired) electrons. The van der Waals surface area contributed by atoms with E-state index in [9.17, 15) is 5.11 Å². The van der Waals surface area contributed by atoms with Gasteiger partial charge in [0.25, 0.3) is 0 Å². The SMILES string of the molecule is C=CC[C@H]1CCC[C@@H](O)C[C@H]1c1ccc(OC(C)CCCc2ccccc2)cc1OCc1ccccc1. The van der Waals surface area contributed by atoms with E-state index in [-0.39, 0.29) is 18.1 Å². The molecule has 1 unspecified atom stereocenters. The molecule has 3 aromatic carbocycles. The molecule has 1 aliphatic carbocycles. The van der Waals surface area contributed by atoms with Crippen LogP contribution in [0.4, 0.5) is 0 Å². The number of hydrogen-bond acceptors (Lipinski definition) is 3. The molecule has 3 nitrogen and oxygen atoms in total. The molecule has 0 amide bonds. The van der Waals surface area contributed by atoms with Crippen LogP contribution in [0.15, 0.2) is 91.5 Å². The van der Waals surface area contributed by atoms with Crippen molar-refractivity contribution in [2.24, 2.45) is 5.92 Å². The summed E-state index contributed by atoms with van der Waals surface area (Å²) in [4.78, 5) is 0. The Morgan fingerprint density at radius 2 is 1.70 bits per heavy atom. The normalized spacial score (nSPS) is 20.5. The van der Waals surface area contributed by atoms with Crippen molar-refractivity contribution in [3.63, 3.8) is 0 Å². The smallest absolute Gasteiger partial charge is 0.126 e. The lowest BCUT2D eigenvalue weighted by Gasteiger charge is -2.28. The van der Waals surface area contributed by atoms with Crippen molar-refractivity contribution in [2.75, 3.05) is 0 Å². The molecular formula is C34H42O3. The third kappa shape index (κ3) is 8.23. The predicted octanol–water partition coefficient (Wildman–Crippen LogP) is 8.27. The molecule has 0 bridgehead atoms. The minimum absolute atomic E-state index is 0.116. The third-order valence-corrected chi connectivity index (χ3v) is 7.55. The summed E-state index contributed by atoms with van der Waals surface area (Å²) in [6.07, 6.45) is 9.74. The summed E-state index contributed by atoms with van der Waals surface area (Å²) in [5, 5.41) is 10.7. The van der Waals surface area contributed by atoms with Gasteiger partial charge in [-0.3, -0.25) is 0 Å². The van der Waals surface area contributed by atoms with Gasteiger partial charge in [0.15, 0.2) is 0 Å². The number of allylic oxidation sites excluding steroid dienone is 1. The Balaban J connectivity index is 1.50. The number of aliphatic hydroxyl groups excluding tert-OH is 1. The van der Waals surface area contributed by atoms with Gasteiger partial charge in [-0.2, -0.15) is 0 Å². The molecule has 4 rings (SSSR count). The second kappa shape index (κ2) is 14.0. The molecule has 4 atom stereocenters. The number of aliphatic hydroxyl groups is 1. The first-order valence-corrected chi connectivity index (χ1v) is 13.9. The van der Waals surface area contributed by atoms with E-state index in [4.69, 9.17) is 9.47 Å². The second-order valence-electron chi connectivity index (χ2n) is 10.5. The van der Waals surface area contributed by atoms with Gasteiger partial charge in [-0.05, 0) is 86.5 Å². The lowest BCUT2D eigenvalue weighted by molar-refractivity contribution is 0.147. The number of rotatable bonds is 12. The summed E-state index contributed by atoms with van der Waals surface area (Å²) in [5.74, 6) is 2.40. The van der Waals surface area contributed by atoms with Crippen molar-refractivity contribution in [2.45, 2.75) is 83.0 Å². The number of hydrogen-bond donors (Lipinski definition) is 1. The van der Waals surface area contributed by atoms with Crippen LogP contribution in [0.3, 0.4) is 0 Å². The van der Waals surface area contributed by atoms with Gasteiger partial charge in [0, 0.05) is 6.07 Å². The van der Waals surface area contributed by atoms with Gasteiger partial charge in [0.1, 0.15) is 18.1 Å². The Kier molecular flexibility index (Phi) is 10.3. The van der Waals surface area contributed by atoms with Crippen LogP contribution in [0.25, 0.3) is 0 Å². The van der Waals surface area contributed by atoms with E-state index in [1.807, 2.05) is 24.3 Å². The molecule has 0 heterocycles. The maximum Gasteiger partial charge on any atom is 0.126 e. The van der Waals surface area contributed by atoms with E-state index in [0.717, 1.165) is 68.4 Å². The molecular weight excluding hydrogens is 456 g/mol. The van der Waals surface area contributed by atoms with E-state index in [1.54, 1.807) is 0 Å². The molecule has 0 aromatic heterocycles. The van der Waals surface area contributed by atoms with Crippen LogP contribution in [-0.2, 0) is 13.0 Å². The Morgan fingerprint density at radius 3 is 2.43 bits per heavy atom. The van der Waals surface area contributed by atoms with Crippen LogP contribution < -0.4 is 9.47 Å². The van der Waals surface area contributed by atoms with Crippen molar-refractivity contribution in [1.82, 2.24) is 0 Å². The molecule has 1 saturated carbocycles. The van der Waals surface area contributed by atoms with Crippen molar-refractivity contribution >= 4 is 0 Å². The molecule has 1 fully saturated rings. The molecule has 0 spiro atoms. The third-order valence-electron chi connectivity index (χ3n) is 7.55. The second-order valence-corrected chi connectivity index (χ2v) is 10.5. The van der Waals surface area contributed by atoms with Crippen molar-refractivity contribution in [3.8, 4) is 11.5 Å². The maximum atomic E-state index is 10.7. The topological polar surface area (TPSA) is 38.7 Å². The molecule has 196 valence electrons. The molecule has 3 aromatic rings. The fraction of sp³-hybridized carbons (Fsp3) is 0.412. The Hall–Kier alpha value is -3.04. The van der Waals surface area contributed by atoms with Gasteiger partial charge in [0.2, 0.25) is 0 Å². The quantitative estimate of drug-likeness (QED) is 0.202.